The number of ketones is 1. The molecule has 0 aliphatic carbocycles. The first-order chi connectivity index (χ1) is 14.6. The van der Waals surface area contributed by atoms with Crippen molar-refractivity contribution >= 4 is 5.78 Å². The summed E-state index contributed by atoms with van der Waals surface area (Å²) in [5, 5.41) is 0. The van der Waals surface area contributed by atoms with E-state index in [1.807, 2.05) is 78.9 Å². The Labute approximate surface area is 177 Å². The Bertz CT molecular complexity index is 997. The quantitative estimate of drug-likeness (QED) is 0.496. The number of hydrogen-bond donors (Lipinski definition) is 0. The van der Waals surface area contributed by atoms with Crippen LogP contribution in [-0.2, 0) is 16.0 Å². The van der Waals surface area contributed by atoms with Gasteiger partial charge in [-0.25, -0.2) is 0 Å². The van der Waals surface area contributed by atoms with E-state index in [1.54, 1.807) is 7.11 Å². The summed E-state index contributed by atoms with van der Waals surface area (Å²) in [6.07, 6.45) is 0.159. The summed E-state index contributed by atoms with van der Waals surface area (Å²) in [6.45, 7) is 1.83. The van der Waals surface area contributed by atoms with Crippen molar-refractivity contribution < 1.29 is 19.0 Å². The molecule has 0 aromatic heterocycles. The summed E-state index contributed by atoms with van der Waals surface area (Å²) in [4.78, 5) is 11.5. The van der Waals surface area contributed by atoms with Gasteiger partial charge in [0.25, 0.3) is 0 Å². The van der Waals surface area contributed by atoms with Crippen molar-refractivity contribution in [3.63, 3.8) is 0 Å². The summed E-state index contributed by atoms with van der Waals surface area (Å²) in [5.74, 6) is 8.39. The Balaban J connectivity index is 1.48. The Morgan fingerprint density at radius 2 is 1.50 bits per heavy atom. The monoisotopic (exact) mass is 400 g/mol. The number of ether oxygens (including phenoxy) is 3. The largest absolute Gasteiger partial charge is 0.481 e. The van der Waals surface area contributed by atoms with E-state index in [4.69, 9.17) is 14.2 Å². The van der Waals surface area contributed by atoms with Gasteiger partial charge in [0.2, 0.25) is 0 Å². The highest BCUT2D eigenvalue weighted by molar-refractivity contribution is 5.80. The summed E-state index contributed by atoms with van der Waals surface area (Å²) in [7, 11) is 1.55. The van der Waals surface area contributed by atoms with Gasteiger partial charge in [0.15, 0.2) is 5.78 Å². The molecule has 0 spiro atoms. The molecule has 0 aliphatic heterocycles. The molecular formula is C26H24O4. The number of para-hydroxylation sites is 1. The topological polar surface area (TPSA) is 44.8 Å². The lowest BCUT2D eigenvalue weighted by Crippen LogP contribution is -2.22. The molecule has 0 unspecified atom stereocenters. The minimum atomic E-state index is -0.403. The highest BCUT2D eigenvalue weighted by atomic mass is 16.5. The van der Waals surface area contributed by atoms with E-state index in [0.717, 1.165) is 28.4 Å². The van der Waals surface area contributed by atoms with Crippen LogP contribution in [0, 0.1) is 11.8 Å². The summed E-state index contributed by atoms with van der Waals surface area (Å²) >= 11 is 0. The van der Waals surface area contributed by atoms with Crippen molar-refractivity contribution in [1.29, 1.82) is 0 Å². The van der Waals surface area contributed by atoms with Crippen LogP contribution in [0.5, 0.6) is 17.2 Å². The lowest BCUT2D eigenvalue weighted by atomic mass is 10.0. The van der Waals surface area contributed by atoms with Gasteiger partial charge in [0, 0.05) is 19.1 Å². The molecule has 152 valence electrons. The van der Waals surface area contributed by atoms with Crippen molar-refractivity contribution in [3.8, 4) is 29.1 Å². The number of rotatable bonds is 8. The molecule has 0 fully saturated rings. The van der Waals surface area contributed by atoms with Crippen molar-refractivity contribution in [1.82, 2.24) is 0 Å². The summed E-state index contributed by atoms with van der Waals surface area (Å²) in [6, 6.07) is 24.9. The molecule has 3 aromatic rings. The van der Waals surface area contributed by atoms with Crippen LogP contribution in [0.15, 0.2) is 78.9 Å². The first-order valence-electron chi connectivity index (χ1n) is 9.71. The Morgan fingerprint density at radius 3 is 2.13 bits per heavy atom. The van der Waals surface area contributed by atoms with Gasteiger partial charge in [0.1, 0.15) is 30.0 Å². The molecule has 0 radical (unpaired) electrons. The van der Waals surface area contributed by atoms with E-state index < -0.39 is 6.10 Å². The van der Waals surface area contributed by atoms with Gasteiger partial charge in [-0.1, -0.05) is 42.2 Å². The van der Waals surface area contributed by atoms with Gasteiger partial charge in [-0.3, -0.25) is 4.79 Å². The fraction of sp³-hybridized carbons (Fsp3) is 0.192. The van der Waals surface area contributed by atoms with Gasteiger partial charge < -0.3 is 14.2 Å². The molecule has 0 saturated carbocycles. The van der Waals surface area contributed by atoms with E-state index in [1.165, 1.54) is 6.92 Å². The average Bonchev–Trinajstić information content (AvgIpc) is 2.77. The van der Waals surface area contributed by atoms with Crippen LogP contribution in [0.2, 0.25) is 0 Å². The second-order valence-corrected chi connectivity index (χ2v) is 6.71. The van der Waals surface area contributed by atoms with E-state index in [0.29, 0.717) is 6.42 Å². The standard InChI is InChI=1S/C26H24O4/c1-20(27)26(28-2)19-22-12-10-21(11-13-22)7-6-18-29-23-14-16-25(17-15-23)30-24-8-4-3-5-9-24/h3-5,8-17,26H,18-19H2,1-2H3/t26-/m0/s1. The van der Waals surface area contributed by atoms with Crippen LogP contribution in [0.25, 0.3) is 0 Å². The van der Waals surface area contributed by atoms with E-state index in [-0.39, 0.29) is 12.4 Å². The third kappa shape index (κ3) is 6.51. The first kappa shape index (κ1) is 21.2. The minimum absolute atomic E-state index is 0.0261. The molecule has 4 heteroatoms. The zero-order valence-electron chi connectivity index (χ0n) is 17.1. The maximum Gasteiger partial charge on any atom is 0.158 e. The third-order valence-corrected chi connectivity index (χ3v) is 4.46. The van der Waals surface area contributed by atoms with Crippen LogP contribution in [0.3, 0.4) is 0 Å². The van der Waals surface area contributed by atoms with Crippen LogP contribution < -0.4 is 9.47 Å². The third-order valence-electron chi connectivity index (χ3n) is 4.46. The van der Waals surface area contributed by atoms with Crippen molar-refractivity contribution in [2.45, 2.75) is 19.4 Å². The molecule has 0 heterocycles. The van der Waals surface area contributed by atoms with Crippen LogP contribution in [-0.4, -0.2) is 25.6 Å². The summed E-state index contributed by atoms with van der Waals surface area (Å²) < 4.78 is 16.6. The molecule has 0 bridgehead atoms. The Kier molecular flexibility index (Phi) is 7.65. The molecule has 1 atom stereocenters. The van der Waals surface area contributed by atoms with Crippen molar-refractivity contribution in [2.75, 3.05) is 13.7 Å². The zero-order chi connectivity index (χ0) is 21.2. The SMILES string of the molecule is CO[C@@H](Cc1ccc(C#CCOc2ccc(Oc3ccccc3)cc2)cc1)C(C)=O. The van der Waals surface area contributed by atoms with Gasteiger partial charge >= 0.3 is 0 Å². The molecular weight excluding hydrogens is 376 g/mol. The number of carbonyl (C=O) groups is 1. The molecule has 4 nitrogen and oxygen atoms in total. The van der Waals surface area contributed by atoms with Crippen molar-refractivity contribution in [2.24, 2.45) is 0 Å². The molecule has 0 saturated heterocycles. The molecule has 3 rings (SSSR count). The molecule has 0 N–H and O–H groups in total. The van der Waals surface area contributed by atoms with Crippen molar-refractivity contribution in [3.05, 3.63) is 90.0 Å². The predicted molar refractivity (Wildman–Crippen MR) is 117 cm³/mol. The molecule has 3 aromatic carbocycles. The molecule has 30 heavy (non-hydrogen) atoms. The smallest absolute Gasteiger partial charge is 0.158 e. The lowest BCUT2D eigenvalue weighted by molar-refractivity contribution is -0.126. The lowest BCUT2D eigenvalue weighted by Gasteiger charge is -2.11. The number of Topliss-reactive ketones (excluding diaryl/α,β-unsaturated/α-hetero) is 1. The second kappa shape index (κ2) is 10.8. The van der Waals surface area contributed by atoms with Gasteiger partial charge in [-0.2, -0.15) is 0 Å². The molecule has 0 amide bonds. The zero-order valence-corrected chi connectivity index (χ0v) is 17.1. The first-order valence-corrected chi connectivity index (χ1v) is 9.71. The number of hydrogen-bond acceptors (Lipinski definition) is 4. The number of benzene rings is 3. The number of methoxy groups -OCH3 is 1. The van der Waals surface area contributed by atoms with Crippen LogP contribution in [0.4, 0.5) is 0 Å². The summed E-state index contributed by atoms with van der Waals surface area (Å²) in [5.41, 5.74) is 1.93. The highest BCUT2D eigenvalue weighted by Crippen LogP contribution is 2.23. The van der Waals surface area contributed by atoms with E-state index in [9.17, 15) is 4.79 Å². The van der Waals surface area contributed by atoms with E-state index in [2.05, 4.69) is 11.8 Å². The predicted octanol–water partition coefficient (Wildman–Crippen LogP) is 5.06. The fourth-order valence-electron chi connectivity index (χ4n) is 2.82. The van der Waals surface area contributed by atoms with Gasteiger partial charge in [-0.05, 0) is 61.0 Å². The fourth-order valence-corrected chi connectivity index (χ4v) is 2.82. The van der Waals surface area contributed by atoms with E-state index >= 15 is 0 Å². The van der Waals surface area contributed by atoms with Gasteiger partial charge in [0.05, 0.1) is 0 Å². The average molecular weight is 400 g/mol. The Morgan fingerprint density at radius 1 is 0.867 bits per heavy atom. The maximum atomic E-state index is 11.5. The second-order valence-electron chi connectivity index (χ2n) is 6.71. The maximum absolute atomic E-state index is 11.5. The normalized spacial score (nSPS) is 11.1. The minimum Gasteiger partial charge on any atom is -0.481 e. The number of carbonyl (C=O) groups excluding carboxylic acids is 1. The Hall–Kier alpha value is -3.55. The van der Waals surface area contributed by atoms with Crippen LogP contribution >= 0.6 is 0 Å². The van der Waals surface area contributed by atoms with Gasteiger partial charge in [-0.15, -0.1) is 0 Å². The molecule has 0 aliphatic rings. The highest BCUT2D eigenvalue weighted by Gasteiger charge is 2.13. The van der Waals surface area contributed by atoms with Crippen LogP contribution in [0.1, 0.15) is 18.1 Å².